The van der Waals surface area contributed by atoms with E-state index in [1.807, 2.05) is 0 Å². The molecule has 0 aliphatic rings. The molecule has 0 heterocycles. The van der Waals surface area contributed by atoms with Crippen LogP contribution in [0, 0.1) is 11.6 Å². The smallest absolute Gasteiger partial charge is 0.172 e. The normalized spacial score (nSPS) is 10.7. The number of hydrogen-bond acceptors (Lipinski definition) is 2. The molecular weight excluding hydrogens is 272 g/mol. The van der Waals surface area contributed by atoms with E-state index in [2.05, 4.69) is 12.2 Å². The molecule has 1 N–H and O–H groups in total. The van der Waals surface area contributed by atoms with Gasteiger partial charge >= 0.3 is 0 Å². The molecule has 0 aliphatic carbocycles. The highest BCUT2D eigenvalue weighted by Gasteiger charge is 2.14. The minimum Gasteiger partial charge on any atom is -0.494 e. The lowest BCUT2D eigenvalue weighted by Crippen LogP contribution is -2.14. The second kappa shape index (κ2) is 7.18. The van der Waals surface area contributed by atoms with Gasteiger partial charge in [0, 0.05) is 12.1 Å². The van der Waals surface area contributed by atoms with E-state index in [1.54, 1.807) is 24.3 Å². The van der Waals surface area contributed by atoms with Gasteiger partial charge in [-0.05, 0) is 42.3 Å². The largest absolute Gasteiger partial charge is 0.494 e. The third kappa shape index (κ3) is 3.58. The summed E-state index contributed by atoms with van der Waals surface area (Å²) in [6.07, 6.45) is 0.984. The first-order valence-corrected chi connectivity index (χ1v) is 6.99. The Balaban J connectivity index is 2.43. The Morgan fingerprint density at radius 3 is 2.62 bits per heavy atom. The molecular formula is C17H19F2NO. The van der Waals surface area contributed by atoms with E-state index in [0.717, 1.165) is 18.5 Å². The first kappa shape index (κ1) is 15.4. The number of hydrogen-bond donors (Lipinski definition) is 1. The van der Waals surface area contributed by atoms with Crippen molar-refractivity contribution >= 4 is 0 Å². The lowest BCUT2D eigenvalue weighted by Gasteiger charge is -2.13. The van der Waals surface area contributed by atoms with Crippen LogP contribution >= 0.6 is 0 Å². The van der Waals surface area contributed by atoms with E-state index < -0.39 is 5.82 Å². The molecule has 0 amide bonds. The number of nitrogens with one attached hydrogen (secondary N) is 1. The van der Waals surface area contributed by atoms with Gasteiger partial charge in [-0.15, -0.1) is 0 Å². The lowest BCUT2D eigenvalue weighted by atomic mass is 9.98. The van der Waals surface area contributed by atoms with Crippen LogP contribution in [0.2, 0.25) is 0 Å². The molecule has 21 heavy (non-hydrogen) atoms. The monoisotopic (exact) mass is 291 g/mol. The minimum absolute atomic E-state index is 0.185. The molecule has 2 aromatic rings. The SMILES string of the molecule is CCCNCc1cc(F)ccc1-c1cccc(OC)c1F. The highest BCUT2D eigenvalue weighted by Crippen LogP contribution is 2.31. The Hall–Kier alpha value is -1.94. The zero-order chi connectivity index (χ0) is 15.2. The van der Waals surface area contributed by atoms with Gasteiger partial charge in [0.05, 0.1) is 7.11 Å². The van der Waals surface area contributed by atoms with Crippen LogP contribution < -0.4 is 10.1 Å². The highest BCUT2D eigenvalue weighted by atomic mass is 19.1. The summed E-state index contributed by atoms with van der Waals surface area (Å²) in [6, 6.07) is 9.36. The summed E-state index contributed by atoms with van der Waals surface area (Å²) in [4.78, 5) is 0. The van der Waals surface area contributed by atoms with Crippen molar-refractivity contribution in [3.05, 3.63) is 53.6 Å². The summed E-state index contributed by atoms with van der Waals surface area (Å²) >= 11 is 0. The molecule has 0 unspecified atom stereocenters. The Morgan fingerprint density at radius 2 is 1.90 bits per heavy atom. The van der Waals surface area contributed by atoms with E-state index in [1.165, 1.54) is 19.2 Å². The molecule has 0 saturated heterocycles. The summed E-state index contributed by atoms with van der Waals surface area (Å²) < 4.78 is 32.9. The van der Waals surface area contributed by atoms with Gasteiger partial charge in [0.2, 0.25) is 0 Å². The summed E-state index contributed by atoms with van der Waals surface area (Å²) in [5.74, 6) is -0.567. The molecule has 2 rings (SSSR count). The fourth-order valence-electron chi connectivity index (χ4n) is 2.25. The molecule has 112 valence electrons. The average molecular weight is 291 g/mol. The fraction of sp³-hybridized carbons (Fsp3) is 0.294. The zero-order valence-electron chi connectivity index (χ0n) is 12.2. The van der Waals surface area contributed by atoms with Crippen LogP contribution in [0.3, 0.4) is 0 Å². The quantitative estimate of drug-likeness (QED) is 0.808. The molecule has 2 aromatic carbocycles. The van der Waals surface area contributed by atoms with Gasteiger partial charge < -0.3 is 10.1 Å². The van der Waals surface area contributed by atoms with Crippen molar-refractivity contribution in [2.24, 2.45) is 0 Å². The maximum Gasteiger partial charge on any atom is 0.172 e. The topological polar surface area (TPSA) is 21.3 Å². The van der Waals surface area contributed by atoms with E-state index in [-0.39, 0.29) is 11.6 Å². The number of halogens is 2. The summed E-state index contributed by atoms with van der Waals surface area (Å²) in [5.41, 5.74) is 1.83. The Kier molecular flexibility index (Phi) is 5.28. The Labute approximate surface area is 123 Å². The van der Waals surface area contributed by atoms with E-state index in [0.29, 0.717) is 17.7 Å². The Morgan fingerprint density at radius 1 is 1.10 bits per heavy atom. The third-order valence-corrected chi connectivity index (χ3v) is 3.28. The molecule has 4 heteroatoms. The third-order valence-electron chi connectivity index (χ3n) is 3.28. The lowest BCUT2D eigenvalue weighted by molar-refractivity contribution is 0.387. The van der Waals surface area contributed by atoms with E-state index in [9.17, 15) is 8.78 Å². The van der Waals surface area contributed by atoms with Crippen LogP contribution in [0.15, 0.2) is 36.4 Å². The molecule has 0 atom stereocenters. The molecule has 0 bridgehead atoms. The van der Waals surface area contributed by atoms with Crippen LogP contribution in [-0.2, 0) is 6.54 Å². The number of methoxy groups -OCH3 is 1. The van der Waals surface area contributed by atoms with Crippen LogP contribution in [0.4, 0.5) is 8.78 Å². The maximum absolute atomic E-state index is 14.4. The predicted octanol–water partition coefficient (Wildman–Crippen LogP) is 4.14. The van der Waals surface area contributed by atoms with Crippen LogP contribution in [-0.4, -0.2) is 13.7 Å². The second-order valence-electron chi connectivity index (χ2n) is 4.80. The number of benzene rings is 2. The molecule has 0 spiro atoms. The molecule has 0 aliphatic heterocycles. The standard InChI is InChI=1S/C17H19F2NO/c1-3-9-20-11-12-10-13(18)7-8-14(12)15-5-4-6-16(21-2)17(15)19/h4-8,10,20H,3,9,11H2,1-2H3. The molecule has 0 fully saturated rings. The van der Waals surface area contributed by atoms with Crippen molar-refractivity contribution < 1.29 is 13.5 Å². The summed E-state index contributed by atoms with van der Waals surface area (Å²) in [5, 5.41) is 3.22. The van der Waals surface area contributed by atoms with Crippen molar-refractivity contribution in [3.8, 4) is 16.9 Å². The Bertz CT molecular complexity index is 614. The van der Waals surface area contributed by atoms with E-state index in [4.69, 9.17) is 4.74 Å². The first-order valence-electron chi connectivity index (χ1n) is 6.99. The van der Waals surface area contributed by atoms with Crippen molar-refractivity contribution in [1.82, 2.24) is 5.32 Å². The van der Waals surface area contributed by atoms with Gasteiger partial charge in [-0.3, -0.25) is 0 Å². The van der Waals surface area contributed by atoms with Gasteiger partial charge in [-0.2, -0.15) is 0 Å². The fourth-order valence-corrected chi connectivity index (χ4v) is 2.25. The first-order chi connectivity index (χ1) is 10.2. The van der Waals surface area contributed by atoms with E-state index >= 15 is 0 Å². The van der Waals surface area contributed by atoms with Gasteiger partial charge in [-0.25, -0.2) is 8.78 Å². The summed E-state index contributed by atoms with van der Waals surface area (Å²) in [6.45, 7) is 3.38. The van der Waals surface area contributed by atoms with Gasteiger partial charge in [0.1, 0.15) is 5.82 Å². The second-order valence-corrected chi connectivity index (χ2v) is 4.80. The predicted molar refractivity (Wildman–Crippen MR) is 80.3 cm³/mol. The van der Waals surface area contributed by atoms with Crippen molar-refractivity contribution in [3.63, 3.8) is 0 Å². The molecule has 0 saturated carbocycles. The maximum atomic E-state index is 14.4. The average Bonchev–Trinajstić information content (AvgIpc) is 2.48. The molecule has 0 radical (unpaired) electrons. The summed E-state index contributed by atoms with van der Waals surface area (Å²) in [7, 11) is 1.43. The minimum atomic E-state index is -0.427. The molecule has 0 aromatic heterocycles. The van der Waals surface area contributed by atoms with Crippen molar-refractivity contribution in [2.45, 2.75) is 19.9 Å². The van der Waals surface area contributed by atoms with Gasteiger partial charge in [-0.1, -0.05) is 25.1 Å². The molecule has 2 nitrogen and oxygen atoms in total. The van der Waals surface area contributed by atoms with Crippen LogP contribution in [0.5, 0.6) is 5.75 Å². The zero-order valence-corrected chi connectivity index (χ0v) is 12.2. The highest BCUT2D eigenvalue weighted by molar-refractivity contribution is 5.69. The van der Waals surface area contributed by atoms with Crippen LogP contribution in [0.1, 0.15) is 18.9 Å². The van der Waals surface area contributed by atoms with Crippen LogP contribution in [0.25, 0.3) is 11.1 Å². The van der Waals surface area contributed by atoms with Crippen molar-refractivity contribution in [1.29, 1.82) is 0 Å². The van der Waals surface area contributed by atoms with Gasteiger partial charge in [0.25, 0.3) is 0 Å². The van der Waals surface area contributed by atoms with Gasteiger partial charge in [0.15, 0.2) is 11.6 Å². The van der Waals surface area contributed by atoms with Crippen molar-refractivity contribution in [2.75, 3.05) is 13.7 Å². The number of rotatable bonds is 6. The number of ether oxygens (including phenoxy) is 1.